The predicted octanol–water partition coefficient (Wildman–Crippen LogP) is 4.79. The molecule has 0 aromatic heterocycles. The van der Waals surface area contributed by atoms with Gasteiger partial charge in [0.1, 0.15) is 5.82 Å². The van der Waals surface area contributed by atoms with Gasteiger partial charge >= 0.3 is 0 Å². The van der Waals surface area contributed by atoms with Crippen LogP contribution in [0, 0.1) is 11.2 Å². The fourth-order valence-corrected chi connectivity index (χ4v) is 2.12. The topological polar surface area (TPSA) is 0 Å². The van der Waals surface area contributed by atoms with E-state index in [2.05, 4.69) is 29.8 Å². The zero-order chi connectivity index (χ0) is 11.5. The van der Waals surface area contributed by atoms with Gasteiger partial charge in [0.25, 0.3) is 0 Å². The molecular weight excluding hydrogens is 278 g/mol. The molecule has 0 saturated heterocycles. The summed E-state index contributed by atoms with van der Waals surface area (Å²) in [5.74, 6) is 0.404. The molecule has 0 aliphatic carbocycles. The second-order valence-electron chi connectivity index (χ2n) is 4.22. The molecule has 1 atom stereocenters. The van der Waals surface area contributed by atoms with E-state index < -0.39 is 0 Å². The highest BCUT2D eigenvalue weighted by Crippen LogP contribution is 2.29. The highest BCUT2D eigenvalue weighted by molar-refractivity contribution is 9.10. The largest absolute Gasteiger partial charge is 0.206 e. The fraction of sp³-hybridized carbons (Fsp3) is 0.500. The SMILES string of the molecule is CCC(C)(CCl)Cc1ccc(F)c(Br)c1. The van der Waals surface area contributed by atoms with Crippen molar-refractivity contribution in [3.63, 3.8) is 0 Å². The summed E-state index contributed by atoms with van der Waals surface area (Å²) in [6, 6.07) is 5.14. The van der Waals surface area contributed by atoms with Crippen molar-refractivity contribution in [2.24, 2.45) is 5.41 Å². The highest BCUT2D eigenvalue weighted by Gasteiger charge is 2.21. The van der Waals surface area contributed by atoms with Crippen LogP contribution in [0.25, 0.3) is 0 Å². The van der Waals surface area contributed by atoms with Crippen molar-refractivity contribution in [3.05, 3.63) is 34.1 Å². The number of halogens is 3. The minimum Gasteiger partial charge on any atom is -0.206 e. The lowest BCUT2D eigenvalue weighted by Gasteiger charge is -2.25. The predicted molar refractivity (Wildman–Crippen MR) is 66.9 cm³/mol. The quantitative estimate of drug-likeness (QED) is 0.700. The van der Waals surface area contributed by atoms with E-state index >= 15 is 0 Å². The molecule has 0 radical (unpaired) electrons. The molecule has 1 unspecified atom stereocenters. The average Bonchev–Trinajstić information content (AvgIpc) is 2.23. The van der Waals surface area contributed by atoms with Gasteiger partial charge in [0, 0.05) is 5.88 Å². The van der Waals surface area contributed by atoms with Crippen LogP contribution in [0.4, 0.5) is 4.39 Å². The Morgan fingerprint density at radius 3 is 2.60 bits per heavy atom. The van der Waals surface area contributed by atoms with Gasteiger partial charge < -0.3 is 0 Å². The normalized spacial score (nSPS) is 15.0. The van der Waals surface area contributed by atoms with Crippen molar-refractivity contribution in [3.8, 4) is 0 Å². The van der Waals surface area contributed by atoms with Gasteiger partial charge in [-0.25, -0.2) is 4.39 Å². The molecule has 84 valence electrons. The lowest BCUT2D eigenvalue weighted by molar-refractivity contribution is 0.355. The molecule has 15 heavy (non-hydrogen) atoms. The second kappa shape index (κ2) is 5.31. The molecule has 0 fully saturated rings. The van der Waals surface area contributed by atoms with Crippen LogP contribution in [0.2, 0.25) is 0 Å². The summed E-state index contributed by atoms with van der Waals surface area (Å²) in [7, 11) is 0. The van der Waals surface area contributed by atoms with E-state index in [1.165, 1.54) is 6.07 Å². The Morgan fingerprint density at radius 2 is 2.13 bits per heavy atom. The van der Waals surface area contributed by atoms with Gasteiger partial charge in [0.15, 0.2) is 0 Å². The molecular formula is C12H15BrClF. The van der Waals surface area contributed by atoms with Crippen LogP contribution in [0.5, 0.6) is 0 Å². The van der Waals surface area contributed by atoms with E-state index in [0.29, 0.717) is 10.4 Å². The van der Waals surface area contributed by atoms with Crippen LogP contribution < -0.4 is 0 Å². The highest BCUT2D eigenvalue weighted by atomic mass is 79.9. The summed E-state index contributed by atoms with van der Waals surface area (Å²) in [5.41, 5.74) is 1.21. The van der Waals surface area contributed by atoms with Crippen molar-refractivity contribution in [1.82, 2.24) is 0 Å². The van der Waals surface area contributed by atoms with Crippen molar-refractivity contribution < 1.29 is 4.39 Å². The van der Waals surface area contributed by atoms with E-state index in [1.807, 2.05) is 12.1 Å². The van der Waals surface area contributed by atoms with Gasteiger partial charge in [-0.2, -0.15) is 0 Å². The first-order valence-corrected chi connectivity index (χ1v) is 6.33. The summed E-state index contributed by atoms with van der Waals surface area (Å²) in [5, 5.41) is 0. The van der Waals surface area contributed by atoms with Crippen molar-refractivity contribution in [1.29, 1.82) is 0 Å². The fourth-order valence-electron chi connectivity index (χ4n) is 1.41. The maximum atomic E-state index is 13.0. The molecule has 0 bridgehead atoms. The average molecular weight is 294 g/mol. The Labute approximate surface area is 104 Å². The Kier molecular flexibility index (Phi) is 4.60. The van der Waals surface area contributed by atoms with Gasteiger partial charge in [-0.05, 0) is 51.9 Å². The smallest absolute Gasteiger partial charge is 0.137 e. The van der Waals surface area contributed by atoms with E-state index in [-0.39, 0.29) is 11.2 Å². The first-order chi connectivity index (χ1) is 7.00. The maximum Gasteiger partial charge on any atom is 0.137 e. The van der Waals surface area contributed by atoms with E-state index in [0.717, 1.165) is 18.4 Å². The molecule has 0 spiro atoms. The molecule has 0 aliphatic rings. The Morgan fingerprint density at radius 1 is 1.47 bits per heavy atom. The van der Waals surface area contributed by atoms with Crippen LogP contribution >= 0.6 is 27.5 Å². The lowest BCUT2D eigenvalue weighted by atomic mass is 9.83. The number of rotatable bonds is 4. The maximum absolute atomic E-state index is 13.0. The van der Waals surface area contributed by atoms with Gasteiger partial charge in [0.05, 0.1) is 4.47 Å². The minimum absolute atomic E-state index is 0.0961. The molecule has 1 rings (SSSR count). The number of alkyl halides is 1. The van der Waals surface area contributed by atoms with Gasteiger partial charge in [-0.15, -0.1) is 11.6 Å². The standard InChI is InChI=1S/C12H15BrClF/c1-3-12(2,8-14)7-9-4-5-11(15)10(13)6-9/h4-6H,3,7-8H2,1-2H3. The van der Waals surface area contributed by atoms with Crippen molar-refractivity contribution >= 4 is 27.5 Å². The first-order valence-electron chi connectivity index (χ1n) is 5.00. The molecule has 3 heteroatoms. The van der Waals surface area contributed by atoms with Gasteiger partial charge in [0.2, 0.25) is 0 Å². The van der Waals surface area contributed by atoms with Gasteiger partial charge in [-0.3, -0.25) is 0 Å². The molecule has 0 aliphatic heterocycles. The Hall–Kier alpha value is -0.0800. The van der Waals surface area contributed by atoms with Crippen LogP contribution in [0.1, 0.15) is 25.8 Å². The summed E-state index contributed by atoms with van der Waals surface area (Å²) in [6.07, 6.45) is 1.90. The monoisotopic (exact) mass is 292 g/mol. The molecule has 0 saturated carbocycles. The zero-order valence-electron chi connectivity index (χ0n) is 8.99. The lowest BCUT2D eigenvalue weighted by Crippen LogP contribution is -2.20. The van der Waals surface area contributed by atoms with Crippen LogP contribution in [-0.4, -0.2) is 5.88 Å². The third-order valence-corrected chi connectivity index (χ3v) is 4.04. The molecule has 0 nitrogen and oxygen atoms in total. The number of benzene rings is 1. The molecule has 1 aromatic carbocycles. The molecule has 0 amide bonds. The third kappa shape index (κ3) is 3.46. The van der Waals surface area contributed by atoms with E-state index in [4.69, 9.17) is 11.6 Å². The van der Waals surface area contributed by atoms with Crippen molar-refractivity contribution in [2.45, 2.75) is 26.7 Å². The van der Waals surface area contributed by atoms with Gasteiger partial charge in [-0.1, -0.05) is 19.9 Å². The number of hydrogen-bond acceptors (Lipinski definition) is 0. The second-order valence-corrected chi connectivity index (χ2v) is 5.34. The molecule has 0 N–H and O–H groups in total. The molecule has 0 heterocycles. The van der Waals surface area contributed by atoms with Crippen LogP contribution in [-0.2, 0) is 6.42 Å². The van der Waals surface area contributed by atoms with Crippen LogP contribution in [0.3, 0.4) is 0 Å². The Bertz CT molecular complexity index is 334. The summed E-state index contributed by atoms with van der Waals surface area (Å²) in [6.45, 7) is 4.28. The Balaban J connectivity index is 2.85. The summed E-state index contributed by atoms with van der Waals surface area (Å²) < 4.78 is 13.5. The minimum atomic E-state index is -0.220. The van der Waals surface area contributed by atoms with E-state index in [1.54, 1.807) is 0 Å². The van der Waals surface area contributed by atoms with E-state index in [9.17, 15) is 4.39 Å². The summed E-state index contributed by atoms with van der Waals surface area (Å²) >= 11 is 9.13. The summed E-state index contributed by atoms with van der Waals surface area (Å²) in [4.78, 5) is 0. The molecule has 1 aromatic rings. The zero-order valence-corrected chi connectivity index (χ0v) is 11.3. The number of hydrogen-bond donors (Lipinski definition) is 0. The van der Waals surface area contributed by atoms with Crippen molar-refractivity contribution in [2.75, 3.05) is 5.88 Å². The van der Waals surface area contributed by atoms with Crippen LogP contribution in [0.15, 0.2) is 22.7 Å². The first kappa shape index (κ1) is 13.0. The third-order valence-electron chi connectivity index (χ3n) is 2.79.